The molecule has 1 heterocycles. The number of carbonyl (C=O) groups is 2. The molecule has 0 unspecified atom stereocenters. The first kappa shape index (κ1) is 19.8. The summed E-state index contributed by atoms with van der Waals surface area (Å²) in [6, 6.07) is 10.3. The molecule has 0 bridgehead atoms. The van der Waals surface area contributed by atoms with Crippen LogP contribution < -0.4 is 15.5 Å². The van der Waals surface area contributed by atoms with Gasteiger partial charge in [0.15, 0.2) is 0 Å². The number of hydrogen-bond acceptors (Lipinski definition) is 3. The maximum absolute atomic E-state index is 13.5. The quantitative estimate of drug-likeness (QED) is 0.757. The molecule has 2 aromatic rings. The van der Waals surface area contributed by atoms with Gasteiger partial charge in [-0.3, -0.25) is 9.59 Å². The summed E-state index contributed by atoms with van der Waals surface area (Å²) in [7, 11) is 0. The predicted molar refractivity (Wildman–Crippen MR) is 105 cm³/mol. The molecule has 0 saturated carbocycles. The number of benzene rings is 2. The number of carbonyl (C=O) groups excluding carboxylic acids is 2. The van der Waals surface area contributed by atoms with E-state index in [1.807, 2.05) is 12.1 Å². The standard InChI is InChI=1S/C21H23F2N3O2/c1-14-8-10-26(11-9-14)17-5-3-16(4-6-17)24-20(27)13-21(28)25-19-7-2-15(22)12-18(19)23/h2-7,12,14H,8-11,13H2,1H3,(H,24,27)(H,25,28). The Morgan fingerprint density at radius 1 is 1.00 bits per heavy atom. The summed E-state index contributed by atoms with van der Waals surface area (Å²) >= 11 is 0. The van der Waals surface area contributed by atoms with E-state index in [9.17, 15) is 18.4 Å². The van der Waals surface area contributed by atoms with Crippen molar-refractivity contribution in [1.82, 2.24) is 0 Å². The van der Waals surface area contributed by atoms with E-state index < -0.39 is 29.9 Å². The van der Waals surface area contributed by atoms with Crippen molar-refractivity contribution in [2.24, 2.45) is 5.92 Å². The third-order valence-electron chi connectivity index (χ3n) is 4.83. The lowest BCUT2D eigenvalue weighted by Crippen LogP contribution is -2.32. The molecule has 0 aliphatic carbocycles. The average molecular weight is 387 g/mol. The van der Waals surface area contributed by atoms with Crippen molar-refractivity contribution in [2.75, 3.05) is 28.6 Å². The fraction of sp³-hybridized carbons (Fsp3) is 0.333. The summed E-state index contributed by atoms with van der Waals surface area (Å²) in [5.41, 5.74) is 1.52. The van der Waals surface area contributed by atoms with Gasteiger partial charge in [-0.15, -0.1) is 0 Å². The van der Waals surface area contributed by atoms with Gasteiger partial charge in [-0.25, -0.2) is 8.78 Å². The predicted octanol–water partition coefficient (Wildman–Crippen LogP) is 4.17. The maximum atomic E-state index is 13.5. The number of piperidine rings is 1. The van der Waals surface area contributed by atoms with Crippen molar-refractivity contribution in [2.45, 2.75) is 26.2 Å². The minimum absolute atomic E-state index is 0.167. The van der Waals surface area contributed by atoms with Crippen molar-refractivity contribution in [1.29, 1.82) is 0 Å². The minimum Gasteiger partial charge on any atom is -0.372 e. The largest absolute Gasteiger partial charge is 0.372 e. The van der Waals surface area contributed by atoms with Crippen LogP contribution in [0.1, 0.15) is 26.2 Å². The van der Waals surface area contributed by atoms with E-state index in [1.165, 1.54) is 12.8 Å². The van der Waals surface area contributed by atoms with Crippen LogP contribution in [0.5, 0.6) is 0 Å². The van der Waals surface area contributed by atoms with Crippen molar-refractivity contribution >= 4 is 28.9 Å². The highest BCUT2D eigenvalue weighted by Crippen LogP contribution is 2.24. The van der Waals surface area contributed by atoms with E-state index in [1.54, 1.807) is 12.1 Å². The topological polar surface area (TPSA) is 61.4 Å². The monoisotopic (exact) mass is 387 g/mol. The maximum Gasteiger partial charge on any atom is 0.233 e. The number of nitrogens with zero attached hydrogens (tertiary/aromatic N) is 1. The van der Waals surface area contributed by atoms with Gasteiger partial charge in [-0.2, -0.15) is 0 Å². The van der Waals surface area contributed by atoms with Crippen molar-refractivity contribution in [3.63, 3.8) is 0 Å². The Morgan fingerprint density at radius 2 is 1.64 bits per heavy atom. The highest BCUT2D eigenvalue weighted by atomic mass is 19.1. The first-order chi connectivity index (χ1) is 13.4. The Labute approximate surface area is 162 Å². The number of nitrogens with one attached hydrogen (secondary N) is 2. The number of hydrogen-bond donors (Lipinski definition) is 2. The van der Waals surface area contributed by atoms with Gasteiger partial charge in [0.25, 0.3) is 0 Å². The fourth-order valence-electron chi connectivity index (χ4n) is 3.16. The lowest BCUT2D eigenvalue weighted by atomic mass is 9.99. The Morgan fingerprint density at radius 3 is 2.29 bits per heavy atom. The van der Waals surface area contributed by atoms with Crippen LogP contribution in [-0.2, 0) is 9.59 Å². The summed E-state index contributed by atoms with van der Waals surface area (Å²) in [5.74, 6) is -2.07. The first-order valence-corrected chi connectivity index (χ1v) is 9.30. The zero-order chi connectivity index (χ0) is 20.1. The van der Waals surface area contributed by atoms with Crippen LogP contribution in [0.15, 0.2) is 42.5 Å². The lowest BCUT2D eigenvalue weighted by Gasteiger charge is -2.32. The third-order valence-corrected chi connectivity index (χ3v) is 4.83. The van der Waals surface area contributed by atoms with Gasteiger partial charge in [0.2, 0.25) is 11.8 Å². The van der Waals surface area contributed by atoms with E-state index >= 15 is 0 Å². The molecule has 7 heteroatoms. The summed E-state index contributed by atoms with van der Waals surface area (Å²) < 4.78 is 26.4. The van der Waals surface area contributed by atoms with Gasteiger partial charge in [0, 0.05) is 30.5 Å². The van der Waals surface area contributed by atoms with Gasteiger partial charge >= 0.3 is 0 Å². The normalized spacial score (nSPS) is 14.6. The molecule has 0 radical (unpaired) electrons. The van der Waals surface area contributed by atoms with E-state index in [-0.39, 0.29) is 5.69 Å². The van der Waals surface area contributed by atoms with Gasteiger partial charge in [0.05, 0.1) is 5.69 Å². The Bertz CT molecular complexity index is 847. The fourth-order valence-corrected chi connectivity index (χ4v) is 3.16. The number of amides is 2. The number of halogens is 2. The van der Waals surface area contributed by atoms with Gasteiger partial charge < -0.3 is 15.5 Å². The molecule has 148 valence electrons. The highest BCUT2D eigenvalue weighted by Gasteiger charge is 2.16. The molecule has 1 saturated heterocycles. The molecule has 2 aromatic carbocycles. The van der Waals surface area contributed by atoms with Crippen LogP contribution in [0.2, 0.25) is 0 Å². The molecule has 3 rings (SSSR count). The van der Waals surface area contributed by atoms with Gasteiger partial charge in [0.1, 0.15) is 18.1 Å². The molecule has 5 nitrogen and oxygen atoms in total. The van der Waals surface area contributed by atoms with Gasteiger partial charge in [-0.1, -0.05) is 6.92 Å². The summed E-state index contributed by atoms with van der Waals surface area (Å²) in [6.07, 6.45) is 1.87. The third kappa shape index (κ3) is 5.28. The van der Waals surface area contributed by atoms with E-state index in [2.05, 4.69) is 22.5 Å². The Balaban J connectivity index is 1.50. The second-order valence-corrected chi connectivity index (χ2v) is 7.11. The molecule has 1 aliphatic heterocycles. The van der Waals surface area contributed by atoms with Crippen LogP contribution in [0.25, 0.3) is 0 Å². The van der Waals surface area contributed by atoms with E-state index in [0.29, 0.717) is 11.8 Å². The Kier molecular flexibility index (Phi) is 6.23. The van der Waals surface area contributed by atoms with Crippen LogP contribution in [0.3, 0.4) is 0 Å². The highest BCUT2D eigenvalue weighted by molar-refractivity contribution is 6.08. The average Bonchev–Trinajstić information content (AvgIpc) is 2.65. The zero-order valence-electron chi connectivity index (χ0n) is 15.7. The first-order valence-electron chi connectivity index (χ1n) is 9.30. The molecule has 2 amide bonds. The Hall–Kier alpha value is -2.96. The molecular formula is C21H23F2N3O2. The minimum atomic E-state index is -0.892. The second kappa shape index (κ2) is 8.82. The second-order valence-electron chi connectivity index (χ2n) is 7.11. The van der Waals surface area contributed by atoms with Crippen LogP contribution in [0.4, 0.5) is 25.8 Å². The molecule has 0 aromatic heterocycles. The molecule has 28 heavy (non-hydrogen) atoms. The summed E-state index contributed by atoms with van der Waals surface area (Å²) in [5, 5.41) is 4.91. The molecular weight excluding hydrogens is 364 g/mol. The van der Waals surface area contributed by atoms with Crippen molar-refractivity contribution < 1.29 is 18.4 Å². The molecule has 0 spiro atoms. The number of rotatable bonds is 5. The van der Waals surface area contributed by atoms with Crippen LogP contribution in [-0.4, -0.2) is 24.9 Å². The molecule has 1 aliphatic rings. The lowest BCUT2D eigenvalue weighted by molar-refractivity contribution is -0.123. The smallest absolute Gasteiger partial charge is 0.233 e. The summed E-state index contributed by atoms with van der Waals surface area (Å²) in [6.45, 7) is 4.30. The molecule has 2 N–H and O–H groups in total. The van der Waals surface area contributed by atoms with Crippen molar-refractivity contribution in [3.05, 3.63) is 54.1 Å². The van der Waals surface area contributed by atoms with E-state index in [4.69, 9.17) is 0 Å². The van der Waals surface area contributed by atoms with Crippen LogP contribution >= 0.6 is 0 Å². The van der Waals surface area contributed by atoms with Crippen LogP contribution in [0, 0.1) is 17.6 Å². The molecule has 0 atom stereocenters. The zero-order valence-corrected chi connectivity index (χ0v) is 15.7. The SMILES string of the molecule is CC1CCN(c2ccc(NC(=O)CC(=O)Nc3ccc(F)cc3F)cc2)CC1. The molecule has 1 fully saturated rings. The number of anilines is 3. The summed E-state index contributed by atoms with van der Waals surface area (Å²) in [4.78, 5) is 26.3. The van der Waals surface area contributed by atoms with Gasteiger partial charge in [-0.05, 0) is 55.2 Å². The van der Waals surface area contributed by atoms with Crippen molar-refractivity contribution in [3.8, 4) is 0 Å². The van der Waals surface area contributed by atoms with E-state index in [0.717, 1.165) is 36.8 Å².